The van der Waals surface area contributed by atoms with E-state index in [2.05, 4.69) is 44.6 Å². The molecule has 3 heterocycles. The Kier molecular flexibility index (Phi) is 7.69. The molecule has 2 aliphatic rings. The molecule has 2 saturated heterocycles. The average Bonchev–Trinajstić information content (AvgIpc) is 3.18. The van der Waals surface area contributed by atoms with Crippen molar-refractivity contribution in [2.75, 3.05) is 32.8 Å². The molecule has 0 spiro atoms. The molecule has 2 aliphatic heterocycles. The highest BCUT2D eigenvalue weighted by Crippen LogP contribution is 2.25. The summed E-state index contributed by atoms with van der Waals surface area (Å²) < 4.78 is 8.77. The van der Waals surface area contributed by atoms with Gasteiger partial charge < -0.3 is 14.5 Å². The van der Waals surface area contributed by atoms with Crippen molar-refractivity contribution in [2.45, 2.75) is 51.6 Å². The minimum absolute atomic E-state index is 0.0424. The van der Waals surface area contributed by atoms with Gasteiger partial charge in [-0.2, -0.15) is 0 Å². The SMILES string of the molecule is CC(C)N1CCC(N2CCC(COc3ncc(C(=O)c4ccc(Br)cc4)n3C)CC2)CC1. The number of hydrogen-bond acceptors (Lipinski definition) is 5. The Morgan fingerprint density at radius 3 is 2.38 bits per heavy atom. The molecule has 0 unspecified atom stereocenters. The largest absolute Gasteiger partial charge is 0.464 e. The summed E-state index contributed by atoms with van der Waals surface area (Å²) in [5, 5.41) is 0. The molecule has 0 N–H and O–H groups in total. The van der Waals surface area contributed by atoms with Crippen LogP contribution in [0.2, 0.25) is 0 Å². The van der Waals surface area contributed by atoms with Crippen molar-refractivity contribution in [3.63, 3.8) is 0 Å². The van der Waals surface area contributed by atoms with Gasteiger partial charge in [0.1, 0.15) is 5.69 Å². The fourth-order valence-electron chi connectivity index (χ4n) is 4.93. The van der Waals surface area contributed by atoms with Crippen molar-refractivity contribution in [1.29, 1.82) is 0 Å². The van der Waals surface area contributed by atoms with Gasteiger partial charge in [0, 0.05) is 29.2 Å². The Morgan fingerprint density at radius 2 is 1.75 bits per heavy atom. The van der Waals surface area contributed by atoms with Crippen LogP contribution in [0.25, 0.3) is 0 Å². The fourth-order valence-corrected chi connectivity index (χ4v) is 5.20. The van der Waals surface area contributed by atoms with Gasteiger partial charge in [0.2, 0.25) is 5.78 Å². The first-order chi connectivity index (χ1) is 15.4. The van der Waals surface area contributed by atoms with Crippen LogP contribution in [0.4, 0.5) is 0 Å². The molecule has 1 aromatic heterocycles. The molecule has 174 valence electrons. The van der Waals surface area contributed by atoms with E-state index in [9.17, 15) is 4.79 Å². The third kappa shape index (κ3) is 5.43. The lowest BCUT2D eigenvalue weighted by molar-refractivity contribution is 0.0574. The van der Waals surface area contributed by atoms with Crippen molar-refractivity contribution in [3.8, 4) is 6.01 Å². The van der Waals surface area contributed by atoms with Gasteiger partial charge in [-0.1, -0.05) is 15.9 Å². The van der Waals surface area contributed by atoms with E-state index in [4.69, 9.17) is 4.74 Å². The van der Waals surface area contributed by atoms with Crippen LogP contribution in [0.15, 0.2) is 34.9 Å². The third-order valence-electron chi connectivity index (χ3n) is 7.13. The van der Waals surface area contributed by atoms with Crippen LogP contribution in [-0.2, 0) is 7.05 Å². The monoisotopic (exact) mass is 502 g/mol. The van der Waals surface area contributed by atoms with E-state index in [1.165, 1.54) is 38.8 Å². The maximum atomic E-state index is 12.8. The van der Waals surface area contributed by atoms with Gasteiger partial charge in [0.15, 0.2) is 0 Å². The molecule has 0 atom stereocenters. The van der Waals surface area contributed by atoms with Gasteiger partial charge >= 0.3 is 0 Å². The zero-order valence-corrected chi connectivity index (χ0v) is 21.1. The summed E-state index contributed by atoms with van der Waals surface area (Å²) in [5.74, 6) is 0.503. The quantitative estimate of drug-likeness (QED) is 0.525. The first-order valence-electron chi connectivity index (χ1n) is 11.8. The van der Waals surface area contributed by atoms with Crippen LogP contribution in [0.1, 0.15) is 55.6 Å². The molecule has 0 amide bonds. The Morgan fingerprint density at radius 1 is 1.09 bits per heavy atom. The van der Waals surface area contributed by atoms with Crippen molar-refractivity contribution in [3.05, 3.63) is 46.2 Å². The van der Waals surface area contributed by atoms with E-state index in [-0.39, 0.29) is 5.78 Å². The third-order valence-corrected chi connectivity index (χ3v) is 7.66. The number of hydrogen-bond donors (Lipinski definition) is 0. The van der Waals surface area contributed by atoms with Crippen LogP contribution >= 0.6 is 15.9 Å². The number of carbonyl (C=O) groups excluding carboxylic acids is 1. The maximum absolute atomic E-state index is 12.8. The highest BCUT2D eigenvalue weighted by Gasteiger charge is 2.29. The van der Waals surface area contributed by atoms with Crippen LogP contribution in [0, 0.1) is 5.92 Å². The molecule has 0 saturated carbocycles. The number of aromatic nitrogens is 2. The molecule has 0 aliphatic carbocycles. The predicted octanol–water partition coefficient (Wildman–Crippen LogP) is 4.38. The average molecular weight is 503 g/mol. The summed E-state index contributed by atoms with van der Waals surface area (Å²) >= 11 is 3.41. The number of likely N-dealkylation sites (tertiary alicyclic amines) is 2. The molecule has 7 heteroatoms. The molecule has 6 nitrogen and oxygen atoms in total. The van der Waals surface area contributed by atoms with Crippen molar-refractivity contribution >= 4 is 21.7 Å². The van der Waals surface area contributed by atoms with Crippen LogP contribution in [-0.4, -0.2) is 70.0 Å². The lowest BCUT2D eigenvalue weighted by Crippen LogP contribution is -2.49. The van der Waals surface area contributed by atoms with Gasteiger partial charge in [-0.25, -0.2) is 4.98 Å². The first kappa shape index (κ1) is 23.5. The van der Waals surface area contributed by atoms with Crippen molar-refractivity contribution < 1.29 is 9.53 Å². The summed E-state index contributed by atoms with van der Waals surface area (Å²) in [6.45, 7) is 10.0. The Bertz CT molecular complexity index is 895. The van der Waals surface area contributed by atoms with Crippen LogP contribution in [0.5, 0.6) is 6.01 Å². The van der Waals surface area contributed by atoms with Gasteiger partial charge in [-0.3, -0.25) is 9.36 Å². The lowest BCUT2D eigenvalue weighted by atomic mass is 9.94. The lowest BCUT2D eigenvalue weighted by Gasteiger charge is -2.42. The summed E-state index contributed by atoms with van der Waals surface area (Å²) in [6, 6.07) is 9.32. The zero-order valence-electron chi connectivity index (χ0n) is 19.5. The number of rotatable bonds is 7. The second kappa shape index (κ2) is 10.5. The van der Waals surface area contributed by atoms with E-state index >= 15 is 0 Å². The van der Waals surface area contributed by atoms with Gasteiger partial charge in [-0.15, -0.1) is 0 Å². The smallest absolute Gasteiger partial charge is 0.296 e. The van der Waals surface area contributed by atoms with Crippen molar-refractivity contribution in [2.24, 2.45) is 13.0 Å². The Balaban J connectivity index is 1.25. The predicted molar refractivity (Wildman–Crippen MR) is 130 cm³/mol. The van der Waals surface area contributed by atoms with E-state index < -0.39 is 0 Å². The van der Waals surface area contributed by atoms with E-state index in [0.29, 0.717) is 35.8 Å². The number of ketones is 1. The second-order valence-corrected chi connectivity index (χ2v) is 10.4. The molecular weight excluding hydrogens is 468 g/mol. The van der Waals surface area contributed by atoms with E-state index in [0.717, 1.165) is 23.6 Å². The summed E-state index contributed by atoms with van der Waals surface area (Å²) in [6.07, 6.45) is 6.54. The highest BCUT2D eigenvalue weighted by molar-refractivity contribution is 9.10. The number of imidazole rings is 1. The van der Waals surface area contributed by atoms with Crippen molar-refractivity contribution in [1.82, 2.24) is 19.4 Å². The number of piperidine rings is 2. The molecule has 32 heavy (non-hydrogen) atoms. The zero-order chi connectivity index (χ0) is 22.7. The summed E-state index contributed by atoms with van der Waals surface area (Å²) in [5.41, 5.74) is 1.19. The molecule has 0 bridgehead atoms. The number of halogens is 1. The minimum atomic E-state index is -0.0424. The number of nitrogens with zero attached hydrogens (tertiary/aromatic N) is 4. The van der Waals surface area contributed by atoms with Crippen LogP contribution in [0.3, 0.4) is 0 Å². The Labute approximate surface area is 200 Å². The first-order valence-corrected chi connectivity index (χ1v) is 12.6. The molecule has 1 aromatic carbocycles. The number of carbonyl (C=O) groups is 1. The summed E-state index contributed by atoms with van der Waals surface area (Å²) in [4.78, 5) is 22.5. The van der Waals surface area contributed by atoms with Gasteiger partial charge in [0.05, 0.1) is 12.8 Å². The second-order valence-electron chi connectivity index (χ2n) is 9.47. The van der Waals surface area contributed by atoms with E-state index in [1.54, 1.807) is 10.8 Å². The van der Waals surface area contributed by atoms with E-state index in [1.807, 2.05) is 31.3 Å². The minimum Gasteiger partial charge on any atom is -0.464 e. The molecular formula is C25H35BrN4O2. The highest BCUT2D eigenvalue weighted by atomic mass is 79.9. The molecule has 0 radical (unpaired) electrons. The normalized spacial score (nSPS) is 19.5. The van der Waals surface area contributed by atoms with Gasteiger partial charge in [0.25, 0.3) is 6.01 Å². The number of benzene rings is 1. The Hall–Kier alpha value is -1.70. The maximum Gasteiger partial charge on any atom is 0.296 e. The standard InChI is InChI=1S/C25H35BrN4O2/c1-18(2)29-14-10-22(11-15-29)30-12-8-19(9-13-30)17-32-25-27-16-23(28(25)3)24(31)20-4-6-21(26)7-5-20/h4-7,16,18-19,22H,8-15,17H2,1-3H3. The number of ether oxygens (including phenoxy) is 1. The van der Waals surface area contributed by atoms with Gasteiger partial charge in [-0.05, 0) is 95.9 Å². The summed E-state index contributed by atoms with van der Waals surface area (Å²) in [7, 11) is 1.85. The fraction of sp³-hybridized carbons (Fsp3) is 0.600. The molecule has 4 rings (SSSR count). The topological polar surface area (TPSA) is 50.6 Å². The van der Waals surface area contributed by atoms with Crippen LogP contribution < -0.4 is 4.74 Å². The molecule has 2 aromatic rings. The molecule has 2 fully saturated rings.